The largest absolute Gasteiger partial charge is 0.476 e. The number of aromatic carboxylic acids is 1. The Balaban J connectivity index is 2.50. The number of halogens is 1. The van der Waals surface area contributed by atoms with E-state index in [1.807, 2.05) is 0 Å². The SMILES string of the molecule is CNc1cc(C(=O)O)nn1-c1ccc(F)cc1. The first kappa shape index (κ1) is 11.1. The molecule has 0 fully saturated rings. The topological polar surface area (TPSA) is 67.2 Å². The van der Waals surface area contributed by atoms with Crippen LogP contribution in [-0.2, 0) is 0 Å². The molecule has 17 heavy (non-hydrogen) atoms. The lowest BCUT2D eigenvalue weighted by molar-refractivity contribution is 0.0690. The highest BCUT2D eigenvalue weighted by Gasteiger charge is 2.13. The van der Waals surface area contributed by atoms with E-state index in [0.717, 1.165) is 0 Å². The molecule has 0 unspecified atom stereocenters. The Morgan fingerprint density at radius 1 is 1.41 bits per heavy atom. The van der Waals surface area contributed by atoms with Crippen LogP contribution in [0.1, 0.15) is 10.5 Å². The third kappa shape index (κ3) is 2.10. The highest BCUT2D eigenvalue weighted by molar-refractivity contribution is 5.86. The monoisotopic (exact) mass is 235 g/mol. The molecule has 0 aliphatic rings. The normalized spacial score (nSPS) is 10.2. The third-order valence-corrected chi connectivity index (χ3v) is 2.26. The van der Waals surface area contributed by atoms with Crippen LogP contribution in [0.15, 0.2) is 30.3 Å². The maximum Gasteiger partial charge on any atom is 0.356 e. The van der Waals surface area contributed by atoms with Gasteiger partial charge in [-0.05, 0) is 24.3 Å². The predicted molar refractivity (Wildman–Crippen MR) is 60.0 cm³/mol. The van der Waals surface area contributed by atoms with E-state index in [1.165, 1.54) is 35.0 Å². The van der Waals surface area contributed by atoms with Gasteiger partial charge in [0.05, 0.1) is 5.69 Å². The number of carboxylic acids is 1. The van der Waals surface area contributed by atoms with Crippen molar-refractivity contribution in [3.8, 4) is 5.69 Å². The van der Waals surface area contributed by atoms with Gasteiger partial charge in [-0.2, -0.15) is 5.10 Å². The summed E-state index contributed by atoms with van der Waals surface area (Å²) in [7, 11) is 1.66. The fourth-order valence-electron chi connectivity index (χ4n) is 1.44. The van der Waals surface area contributed by atoms with Gasteiger partial charge in [-0.3, -0.25) is 0 Å². The molecule has 2 aromatic rings. The second kappa shape index (κ2) is 4.25. The van der Waals surface area contributed by atoms with Gasteiger partial charge in [0.25, 0.3) is 0 Å². The second-order valence-electron chi connectivity index (χ2n) is 3.36. The molecular weight excluding hydrogens is 225 g/mol. The maximum atomic E-state index is 12.8. The lowest BCUT2D eigenvalue weighted by Gasteiger charge is -2.05. The number of nitrogens with one attached hydrogen (secondary N) is 1. The molecule has 88 valence electrons. The standard InChI is InChI=1S/C11H10FN3O2/c1-13-10-6-9(11(16)17)14-15(10)8-4-2-7(12)3-5-8/h2-6,13H,1H3,(H,16,17). The summed E-state index contributed by atoms with van der Waals surface area (Å²) in [6, 6.07) is 7.03. The van der Waals surface area contributed by atoms with Gasteiger partial charge in [-0.15, -0.1) is 0 Å². The smallest absolute Gasteiger partial charge is 0.356 e. The second-order valence-corrected chi connectivity index (χ2v) is 3.36. The minimum absolute atomic E-state index is 0.0707. The zero-order valence-corrected chi connectivity index (χ0v) is 9.01. The van der Waals surface area contributed by atoms with Crippen LogP contribution in [-0.4, -0.2) is 27.9 Å². The van der Waals surface area contributed by atoms with Crippen molar-refractivity contribution in [1.29, 1.82) is 0 Å². The first-order chi connectivity index (χ1) is 8.11. The minimum atomic E-state index is -1.11. The molecule has 0 amide bonds. The molecular formula is C11H10FN3O2. The van der Waals surface area contributed by atoms with E-state index in [1.54, 1.807) is 7.05 Å². The quantitative estimate of drug-likeness (QED) is 0.850. The van der Waals surface area contributed by atoms with E-state index in [4.69, 9.17) is 5.11 Å². The summed E-state index contributed by atoms with van der Waals surface area (Å²) in [6.07, 6.45) is 0. The molecule has 0 aliphatic carbocycles. The number of aromatic nitrogens is 2. The van der Waals surface area contributed by atoms with Gasteiger partial charge < -0.3 is 10.4 Å². The average molecular weight is 235 g/mol. The van der Waals surface area contributed by atoms with Crippen LogP contribution in [0.25, 0.3) is 5.69 Å². The molecule has 0 atom stereocenters. The summed E-state index contributed by atoms with van der Waals surface area (Å²) in [5.74, 6) is -0.943. The molecule has 0 radical (unpaired) electrons. The van der Waals surface area contributed by atoms with Crippen molar-refractivity contribution in [2.24, 2.45) is 0 Å². The fourth-order valence-corrected chi connectivity index (χ4v) is 1.44. The van der Waals surface area contributed by atoms with E-state index in [2.05, 4.69) is 10.4 Å². The molecule has 0 bridgehead atoms. The highest BCUT2D eigenvalue weighted by atomic mass is 19.1. The van der Waals surface area contributed by atoms with E-state index < -0.39 is 5.97 Å². The highest BCUT2D eigenvalue weighted by Crippen LogP contribution is 2.17. The molecule has 2 N–H and O–H groups in total. The maximum absolute atomic E-state index is 12.8. The van der Waals surface area contributed by atoms with Crippen LogP contribution < -0.4 is 5.32 Å². The molecule has 0 saturated heterocycles. The van der Waals surface area contributed by atoms with Gasteiger partial charge in [-0.1, -0.05) is 0 Å². The molecule has 1 heterocycles. The summed E-state index contributed by atoms with van der Waals surface area (Å²) in [5.41, 5.74) is 0.516. The Morgan fingerprint density at radius 3 is 2.59 bits per heavy atom. The number of benzene rings is 1. The molecule has 0 aliphatic heterocycles. The summed E-state index contributed by atoms with van der Waals surface area (Å²) in [5, 5.41) is 15.6. The van der Waals surface area contributed by atoms with Gasteiger partial charge in [0.1, 0.15) is 11.6 Å². The van der Waals surface area contributed by atoms with Crippen molar-refractivity contribution < 1.29 is 14.3 Å². The lowest BCUT2D eigenvalue weighted by Crippen LogP contribution is -2.03. The minimum Gasteiger partial charge on any atom is -0.476 e. The number of carbonyl (C=O) groups is 1. The Bertz CT molecular complexity index is 548. The summed E-state index contributed by atoms with van der Waals surface area (Å²) < 4.78 is 14.2. The van der Waals surface area contributed by atoms with Crippen LogP contribution in [0, 0.1) is 5.82 Å². The van der Waals surface area contributed by atoms with Crippen LogP contribution in [0.5, 0.6) is 0 Å². The van der Waals surface area contributed by atoms with Crippen LogP contribution in [0.2, 0.25) is 0 Å². The van der Waals surface area contributed by atoms with Crippen molar-refractivity contribution in [3.63, 3.8) is 0 Å². The van der Waals surface area contributed by atoms with Gasteiger partial charge in [0, 0.05) is 13.1 Å². The van der Waals surface area contributed by atoms with E-state index in [9.17, 15) is 9.18 Å². The van der Waals surface area contributed by atoms with Crippen LogP contribution in [0.4, 0.5) is 10.2 Å². The van der Waals surface area contributed by atoms with E-state index in [0.29, 0.717) is 11.5 Å². The first-order valence-corrected chi connectivity index (χ1v) is 4.89. The Labute approximate surface area is 96.5 Å². The number of carboxylic acid groups (broad SMARTS) is 1. The van der Waals surface area contributed by atoms with Crippen molar-refractivity contribution >= 4 is 11.8 Å². The third-order valence-electron chi connectivity index (χ3n) is 2.26. The van der Waals surface area contributed by atoms with Gasteiger partial charge in [0.2, 0.25) is 0 Å². The zero-order chi connectivity index (χ0) is 12.4. The van der Waals surface area contributed by atoms with E-state index in [-0.39, 0.29) is 11.5 Å². The number of nitrogens with zero attached hydrogens (tertiary/aromatic N) is 2. The number of hydrogen-bond donors (Lipinski definition) is 2. The summed E-state index contributed by atoms with van der Waals surface area (Å²) in [4.78, 5) is 10.8. The van der Waals surface area contributed by atoms with Gasteiger partial charge in [-0.25, -0.2) is 13.9 Å². The van der Waals surface area contributed by atoms with Crippen LogP contribution in [0.3, 0.4) is 0 Å². The van der Waals surface area contributed by atoms with Crippen molar-refractivity contribution in [1.82, 2.24) is 9.78 Å². The molecule has 1 aromatic carbocycles. The van der Waals surface area contributed by atoms with Crippen molar-refractivity contribution in [2.45, 2.75) is 0 Å². The van der Waals surface area contributed by atoms with Crippen LogP contribution >= 0.6 is 0 Å². The molecule has 1 aromatic heterocycles. The van der Waals surface area contributed by atoms with Crippen molar-refractivity contribution in [2.75, 3.05) is 12.4 Å². The Hall–Kier alpha value is -2.37. The van der Waals surface area contributed by atoms with Crippen molar-refractivity contribution in [3.05, 3.63) is 41.8 Å². The summed E-state index contributed by atoms with van der Waals surface area (Å²) in [6.45, 7) is 0. The number of anilines is 1. The Morgan fingerprint density at radius 2 is 2.06 bits per heavy atom. The lowest BCUT2D eigenvalue weighted by atomic mass is 10.3. The number of hydrogen-bond acceptors (Lipinski definition) is 3. The average Bonchev–Trinajstić information content (AvgIpc) is 2.74. The van der Waals surface area contributed by atoms with Gasteiger partial charge >= 0.3 is 5.97 Å². The first-order valence-electron chi connectivity index (χ1n) is 4.89. The molecule has 2 rings (SSSR count). The number of rotatable bonds is 3. The van der Waals surface area contributed by atoms with E-state index >= 15 is 0 Å². The molecule has 5 nitrogen and oxygen atoms in total. The Kier molecular flexibility index (Phi) is 2.78. The molecule has 0 spiro atoms. The predicted octanol–water partition coefficient (Wildman–Crippen LogP) is 1.75. The molecule has 6 heteroatoms. The molecule has 0 saturated carbocycles. The fraction of sp³-hybridized carbons (Fsp3) is 0.0909. The summed E-state index contributed by atoms with van der Waals surface area (Å²) >= 11 is 0. The zero-order valence-electron chi connectivity index (χ0n) is 9.01. The van der Waals surface area contributed by atoms with Gasteiger partial charge in [0.15, 0.2) is 5.69 Å².